The highest BCUT2D eigenvalue weighted by Crippen LogP contribution is 2.49. The van der Waals surface area contributed by atoms with Gasteiger partial charge in [-0.1, -0.05) is 53.0 Å². The Kier molecular flexibility index (Phi) is 16.2. The van der Waals surface area contributed by atoms with Crippen molar-refractivity contribution in [3.63, 3.8) is 0 Å². The van der Waals surface area contributed by atoms with Gasteiger partial charge in [0.2, 0.25) is 41.2 Å². The van der Waals surface area contributed by atoms with Gasteiger partial charge in [-0.3, -0.25) is 33.3 Å². The van der Waals surface area contributed by atoms with E-state index in [1.807, 2.05) is 0 Å². The Balaban J connectivity index is 1.15. The van der Waals surface area contributed by atoms with Gasteiger partial charge in [-0.05, 0) is 112 Å². The van der Waals surface area contributed by atoms with Crippen molar-refractivity contribution in [1.82, 2.24) is 31.9 Å². The second-order valence-corrected chi connectivity index (χ2v) is 23.0. The summed E-state index contributed by atoms with van der Waals surface area (Å²) < 4.78 is 56.8. The zero-order chi connectivity index (χ0) is 64.5. The maximum atomic E-state index is 15.8. The molecule has 0 spiro atoms. The third kappa shape index (κ3) is 12.2. The first kappa shape index (κ1) is 61.4. The van der Waals surface area contributed by atoms with E-state index in [9.17, 15) is 67.9 Å². The summed E-state index contributed by atoms with van der Waals surface area (Å²) in [6.07, 6.45) is -2.62. The van der Waals surface area contributed by atoms with Crippen LogP contribution in [0.15, 0.2) is 109 Å². The van der Waals surface area contributed by atoms with Gasteiger partial charge in [0, 0.05) is 35.2 Å². The molecule has 0 aliphatic carbocycles. The van der Waals surface area contributed by atoms with Gasteiger partial charge in [0.1, 0.15) is 82.6 Å². The number of carbonyl (C=O) groups excluding carboxylic acids is 6. The predicted octanol–water partition coefficient (Wildman–Crippen LogP) is 5.11. The minimum Gasteiger partial charge on any atom is -0.508 e. The van der Waals surface area contributed by atoms with Crippen LogP contribution >= 0.6 is 34.8 Å². The van der Waals surface area contributed by atoms with Gasteiger partial charge in [0.05, 0.1) is 15.1 Å². The summed E-state index contributed by atoms with van der Waals surface area (Å²) in [6.45, 7) is 0. The van der Waals surface area contributed by atoms with Gasteiger partial charge in [0.15, 0.2) is 29.0 Å². The molecule has 17 bridgehead atoms. The number of rotatable bonds is 3. The number of hydrogen-bond donors (Lipinski definition) is 15. The van der Waals surface area contributed by atoms with E-state index in [0.717, 1.165) is 91.0 Å². The summed E-state index contributed by atoms with van der Waals surface area (Å²) >= 11 is 20.3. The molecule has 0 saturated heterocycles. The number of nitrogens with one attached hydrogen (secondary N) is 6. The Labute approximate surface area is 520 Å². The van der Waals surface area contributed by atoms with Crippen LogP contribution in [0.1, 0.15) is 75.3 Å². The van der Waals surface area contributed by atoms with Crippen molar-refractivity contribution < 1.29 is 101 Å². The number of carboxylic acids is 1. The summed E-state index contributed by atoms with van der Waals surface area (Å²) in [4.78, 5) is 104. The predicted molar refractivity (Wildman–Crippen MR) is 310 cm³/mol. The fraction of sp³-hybridized carbons (Fsp3) is 0.155. The first-order chi connectivity index (χ1) is 42.6. The van der Waals surface area contributed by atoms with Crippen LogP contribution in [0.25, 0.3) is 11.1 Å². The molecule has 6 aliphatic heterocycles. The van der Waals surface area contributed by atoms with E-state index >= 15 is 14.4 Å². The van der Waals surface area contributed by atoms with Gasteiger partial charge in [-0.25, -0.2) is 4.79 Å². The molecule has 464 valence electrons. The van der Waals surface area contributed by atoms with Crippen molar-refractivity contribution in [2.45, 2.75) is 54.8 Å². The van der Waals surface area contributed by atoms with E-state index in [-0.39, 0.29) is 43.8 Å². The van der Waals surface area contributed by atoms with E-state index < -0.39 is 197 Å². The van der Waals surface area contributed by atoms with E-state index in [0.29, 0.717) is 0 Å². The second kappa shape index (κ2) is 23.7. The van der Waals surface area contributed by atoms with Crippen molar-refractivity contribution in [2.75, 3.05) is 0 Å². The zero-order valence-corrected chi connectivity index (χ0v) is 48.3. The SMILES string of the molecule is N[C@@H]1C(=O)N[C@H]2Cc3ccc(c(Cl)c3)Oc3cc4cc(c3O)Oc3ccc(cc3Cl)[C@@H](O)[C@@H]3NC(=O)[C@H](NC(=O)[C@@H]4NC(=O)[C@@H](NC2=O)c2cc(O)cc(c2)Oc2cc1ccc2OS(=O)(=O)O)c1cc(Cl)c(O)c(c1)-c1c(O)cc(O)cc1[C@H](C(=O)O)NC3=O. The van der Waals surface area contributed by atoms with E-state index in [1.54, 1.807) is 0 Å². The van der Waals surface area contributed by atoms with E-state index in [2.05, 4.69) is 31.9 Å². The first-order valence-electron chi connectivity index (χ1n) is 26.3. The van der Waals surface area contributed by atoms with Crippen LogP contribution in [0, 0.1) is 0 Å². The Hall–Kier alpha value is -10.3. The molecule has 6 heterocycles. The summed E-state index contributed by atoms with van der Waals surface area (Å²) in [5, 5.41) is 93.3. The van der Waals surface area contributed by atoms with Gasteiger partial charge in [-0.15, -0.1) is 0 Å². The molecule has 7 aromatic rings. The molecule has 6 amide bonds. The number of carbonyl (C=O) groups is 7. The Morgan fingerprint density at radius 1 is 0.544 bits per heavy atom. The topological polar surface area (TPSA) is 451 Å². The maximum Gasteiger partial charge on any atom is 0.446 e. The molecule has 0 fully saturated rings. The van der Waals surface area contributed by atoms with Crippen LogP contribution in [0.4, 0.5) is 0 Å². The number of aliphatic carboxylic acids is 1. The van der Waals surface area contributed by atoms with Crippen molar-refractivity contribution in [1.29, 1.82) is 0 Å². The highest BCUT2D eigenvalue weighted by atomic mass is 35.5. The number of ether oxygens (including phenoxy) is 3. The standard InChI is InChI=1S/C58H44Cl3N7O21S/c59-31-7-20-1-4-36(31)87-40-15-25-16-41(51(40)74)88-37-5-3-22(12-32(37)60)49(72)48-57(80)67-47(58(81)82)29-18-27(70)19-35(71)42(29)30-11-24(13-33(61)50(30)73)45(56(79)68-48)65-55(78)46(25)66-54(77)44-23-9-26(69)17-28(10-23)86-39-14-21(2-6-38(39)89-90(83,84)85)43(62)53(76)63-34(8-20)52(75)64-44/h1-7,9-19,34,43-49,69-74H,8,62H2,(H,63,76)(H,64,75)(H,65,78)(H,66,77)(H,67,80)(H,68,79)(H,81,82)(H,83,84,85)/t34-,43-,44-,45+,46+,47+,48-,49+/m0/s1. The summed E-state index contributed by atoms with van der Waals surface area (Å²) in [5.41, 5.74) is 3.40. The number of aromatic hydroxyl groups is 5. The highest BCUT2D eigenvalue weighted by Gasteiger charge is 2.42. The Morgan fingerprint density at radius 2 is 1.11 bits per heavy atom. The van der Waals surface area contributed by atoms with E-state index in [4.69, 9.17) is 58.9 Å². The first-order valence-corrected chi connectivity index (χ1v) is 28.8. The van der Waals surface area contributed by atoms with Crippen molar-refractivity contribution in [3.8, 4) is 80.1 Å². The quantitative estimate of drug-likeness (QED) is 0.102. The maximum absolute atomic E-state index is 15.8. The fourth-order valence-corrected chi connectivity index (χ4v) is 11.5. The largest absolute Gasteiger partial charge is 0.508 e. The molecule has 16 N–H and O–H groups in total. The molecular weight excluding hydrogens is 1270 g/mol. The monoisotopic (exact) mass is 1310 g/mol. The molecule has 0 radical (unpaired) electrons. The smallest absolute Gasteiger partial charge is 0.446 e. The molecule has 7 aromatic carbocycles. The Bertz CT molecular complexity index is 4390. The van der Waals surface area contributed by atoms with Gasteiger partial charge in [0.25, 0.3) is 0 Å². The number of hydrogen-bond acceptors (Lipinski definition) is 20. The number of phenolic OH excluding ortho intramolecular Hbond substituents is 5. The third-order valence-electron chi connectivity index (χ3n) is 14.7. The molecule has 0 unspecified atom stereocenters. The molecular formula is C58H44Cl3N7O21S. The number of benzene rings is 7. The van der Waals surface area contributed by atoms with Crippen LogP contribution in [0.3, 0.4) is 0 Å². The average Bonchev–Trinajstić information content (AvgIpc) is 0.775. The van der Waals surface area contributed by atoms with Crippen LogP contribution in [0.2, 0.25) is 15.1 Å². The normalized spacial score (nSPS) is 21.6. The van der Waals surface area contributed by atoms with Crippen LogP contribution < -0.4 is 56.0 Å². The molecule has 90 heavy (non-hydrogen) atoms. The van der Waals surface area contributed by atoms with E-state index in [1.165, 1.54) is 18.2 Å². The van der Waals surface area contributed by atoms with Crippen LogP contribution in [-0.2, 0) is 50.4 Å². The average molecular weight is 1310 g/mol. The fourth-order valence-electron chi connectivity index (χ4n) is 10.4. The number of nitrogens with two attached hydrogens (primary N) is 1. The summed E-state index contributed by atoms with van der Waals surface area (Å²) in [5.74, 6) is -17.0. The number of amides is 6. The summed E-state index contributed by atoms with van der Waals surface area (Å²) in [6, 6.07) is 4.56. The highest BCUT2D eigenvalue weighted by molar-refractivity contribution is 7.81. The van der Waals surface area contributed by atoms with Crippen molar-refractivity contribution in [3.05, 3.63) is 163 Å². The molecule has 13 rings (SSSR count). The molecule has 28 nitrogen and oxygen atoms in total. The lowest BCUT2D eigenvalue weighted by atomic mass is 9.89. The van der Waals surface area contributed by atoms with Gasteiger partial charge >= 0.3 is 16.4 Å². The molecule has 32 heteroatoms. The van der Waals surface area contributed by atoms with Crippen molar-refractivity contribution >= 4 is 86.6 Å². The Morgan fingerprint density at radius 3 is 1.74 bits per heavy atom. The zero-order valence-electron chi connectivity index (χ0n) is 45.2. The number of carboxylic acid groups (broad SMARTS) is 1. The number of aliphatic hydroxyl groups is 1. The lowest BCUT2D eigenvalue weighted by molar-refractivity contribution is -0.143. The molecule has 6 aliphatic rings. The molecule has 8 atom stereocenters. The minimum atomic E-state index is -5.27. The lowest BCUT2D eigenvalue weighted by Crippen LogP contribution is -2.55. The minimum absolute atomic E-state index is 0.0722. The number of fused-ring (bicyclic) bond motifs is 14. The summed E-state index contributed by atoms with van der Waals surface area (Å²) in [7, 11) is -5.27. The third-order valence-corrected chi connectivity index (χ3v) is 16.0. The van der Waals surface area contributed by atoms with Gasteiger partial charge < -0.3 is 91.8 Å². The van der Waals surface area contributed by atoms with Crippen LogP contribution in [-0.4, -0.2) is 102 Å². The van der Waals surface area contributed by atoms with Gasteiger partial charge in [-0.2, -0.15) is 8.42 Å². The number of halogens is 3. The number of phenols is 5. The number of aliphatic hydroxyl groups excluding tert-OH is 1. The van der Waals surface area contributed by atoms with Crippen LogP contribution in [0.5, 0.6) is 69.0 Å². The molecule has 0 aromatic heterocycles. The lowest BCUT2D eigenvalue weighted by Gasteiger charge is -2.31. The molecule has 0 saturated carbocycles. The second-order valence-electron chi connectivity index (χ2n) is 20.7. The van der Waals surface area contributed by atoms with Crippen molar-refractivity contribution in [2.24, 2.45) is 5.73 Å².